The number of hydrogen-bond donors (Lipinski definition) is 0. The fraction of sp³-hybridized carbons (Fsp3) is 0.412. The van der Waals surface area contributed by atoms with E-state index in [0.29, 0.717) is 12.0 Å². The molecule has 3 nitrogen and oxygen atoms in total. The summed E-state index contributed by atoms with van der Waals surface area (Å²) in [6.45, 7) is 2.04. The number of hydrazone groups is 1. The molecule has 1 aliphatic carbocycles. The van der Waals surface area contributed by atoms with Gasteiger partial charge in [0, 0.05) is 19.3 Å². The number of nitrogens with zero attached hydrogens (tertiary/aromatic N) is 3. The summed E-state index contributed by atoms with van der Waals surface area (Å²) in [5.41, 5.74) is 4.15. The van der Waals surface area contributed by atoms with Crippen molar-refractivity contribution in [2.45, 2.75) is 25.3 Å². The van der Waals surface area contributed by atoms with Crippen molar-refractivity contribution in [2.24, 2.45) is 16.0 Å². The molecule has 1 aromatic heterocycles. The smallest absolute Gasteiger partial charge is 0.0775 e. The third kappa shape index (κ3) is 2.60. The lowest BCUT2D eigenvalue weighted by Crippen LogP contribution is -2.31. The van der Waals surface area contributed by atoms with Crippen LogP contribution in [0.3, 0.4) is 0 Å². The van der Waals surface area contributed by atoms with E-state index < -0.39 is 0 Å². The van der Waals surface area contributed by atoms with Crippen LogP contribution in [0.4, 0.5) is 0 Å². The highest BCUT2D eigenvalue weighted by atomic mass is 32.1. The monoisotopic (exact) mass is 297 g/mol. The molecule has 0 spiro atoms. The number of rotatable bonds is 4. The van der Waals surface area contributed by atoms with Crippen LogP contribution in [0.25, 0.3) is 5.57 Å². The van der Waals surface area contributed by atoms with Gasteiger partial charge in [-0.3, -0.25) is 10.0 Å². The highest BCUT2D eigenvalue weighted by Gasteiger charge is 2.29. The second kappa shape index (κ2) is 5.60. The largest absolute Gasteiger partial charge is 0.297 e. The molecule has 3 aliphatic rings. The maximum absolute atomic E-state index is 4.62. The van der Waals surface area contributed by atoms with Gasteiger partial charge in [0.1, 0.15) is 0 Å². The summed E-state index contributed by atoms with van der Waals surface area (Å²) in [6, 6.07) is 2.65. The van der Waals surface area contributed by atoms with Gasteiger partial charge in [-0.15, -0.1) is 0 Å². The van der Waals surface area contributed by atoms with E-state index in [9.17, 15) is 0 Å². The van der Waals surface area contributed by atoms with Gasteiger partial charge >= 0.3 is 0 Å². The van der Waals surface area contributed by atoms with Crippen molar-refractivity contribution >= 4 is 29.3 Å². The number of aliphatic imine (C=N–C) groups is 1. The Balaban J connectivity index is 1.43. The van der Waals surface area contributed by atoms with E-state index in [1.165, 1.54) is 29.6 Å². The average Bonchev–Trinajstić information content (AvgIpc) is 3.25. The zero-order valence-electron chi connectivity index (χ0n) is 12.0. The van der Waals surface area contributed by atoms with Gasteiger partial charge in [-0.2, -0.15) is 16.4 Å². The zero-order chi connectivity index (χ0) is 14.1. The fourth-order valence-electron chi connectivity index (χ4n) is 3.26. The fourth-order valence-corrected chi connectivity index (χ4v) is 3.94. The Kier molecular flexibility index (Phi) is 3.47. The predicted molar refractivity (Wildman–Crippen MR) is 90.1 cm³/mol. The van der Waals surface area contributed by atoms with Crippen molar-refractivity contribution < 1.29 is 0 Å². The third-order valence-electron chi connectivity index (χ3n) is 4.56. The molecule has 108 valence electrons. The van der Waals surface area contributed by atoms with Crippen LogP contribution in [0.5, 0.6) is 0 Å². The number of allylic oxidation sites excluding steroid dienone is 2. The molecule has 0 aromatic carbocycles. The molecule has 2 aliphatic heterocycles. The van der Waals surface area contributed by atoms with Gasteiger partial charge in [-0.05, 0) is 58.7 Å². The first-order valence-corrected chi connectivity index (χ1v) is 8.58. The normalized spacial score (nSPS) is 27.0. The molecule has 1 aromatic rings. The molecular formula is C17H19N3S. The molecule has 0 fully saturated rings. The Morgan fingerprint density at radius 2 is 2.33 bits per heavy atom. The third-order valence-corrected chi connectivity index (χ3v) is 5.24. The molecule has 0 saturated carbocycles. The molecule has 21 heavy (non-hydrogen) atoms. The lowest BCUT2D eigenvalue weighted by atomic mass is 9.91. The van der Waals surface area contributed by atoms with Gasteiger partial charge in [0.25, 0.3) is 0 Å². The summed E-state index contributed by atoms with van der Waals surface area (Å²) in [5.74, 6) is 0.656. The first kappa shape index (κ1) is 13.0. The first-order chi connectivity index (χ1) is 10.4. The van der Waals surface area contributed by atoms with Gasteiger partial charge in [0.15, 0.2) is 0 Å². The van der Waals surface area contributed by atoms with E-state index in [-0.39, 0.29) is 0 Å². The lowest BCUT2D eigenvalue weighted by Gasteiger charge is -2.28. The zero-order valence-corrected chi connectivity index (χ0v) is 12.8. The second-order valence-corrected chi connectivity index (χ2v) is 6.67. The summed E-state index contributed by atoms with van der Waals surface area (Å²) in [5, 5.41) is 11.3. The molecule has 3 heterocycles. The van der Waals surface area contributed by atoms with Crippen molar-refractivity contribution in [3.8, 4) is 0 Å². The maximum Gasteiger partial charge on any atom is 0.0775 e. The Labute approximate surface area is 129 Å². The summed E-state index contributed by atoms with van der Waals surface area (Å²) < 4.78 is 0. The van der Waals surface area contributed by atoms with Crippen molar-refractivity contribution in [3.05, 3.63) is 40.1 Å². The highest BCUT2D eigenvalue weighted by Crippen LogP contribution is 2.33. The van der Waals surface area contributed by atoms with Crippen molar-refractivity contribution in [1.29, 1.82) is 0 Å². The Morgan fingerprint density at radius 3 is 3.14 bits per heavy atom. The summed E-state index contributed by atoms with van der Waals surface area (Å²) in [6.07, 6.45) is 12.1. The molecule has 2 unspecified atom stereocenters. The topological polar surface area (TPSA) is 28.0 Å². The SMILES string of the molecule is C1=NCCC1CCN1N=CC2=CC=C(c3ccsc3)CC21. The van der Waals surface area contributed by atoms with Crippen molar-refractivity contribution in [2.75, 3.05) is 13.1 Å². The molecule has 0 radical (unpaired) electrons. The van der Waals surface area contributed by atoms with Crippen LogP contribution < -0.4 is 0 Å². The molecular weight excluding hydrogens is 278 g/mol. The van der Waals surface area contributed by atoms with E-state index in [0.717, 1.165) is 19.5 Å². The van der Waals surface area contributed by atoms with Gasteiger partial charge in [-0.25, -0.2) is 0 Å². The van der Waals surface area contributed by atoms with Gasteiger partial charge in [0.2, 0.25) is 0 Å². The van der Waals surface area contributed by atoms with Crippen LogP contribution >= 0.6 is 11.3 Å². The Bertz CT molecular complexity index is 624. The molecule has 0 N–H and O–H groups in total. The van der Waals surface area contributed by atoms with Crippen LogP contribution in [0.1, 0.15) is 24.8 Å². The minimum Gasteiger partial charge on any atom is -0.297 e. The van der Waals surface area contributed by atoms with Gasteiger partial charge < -0.3 is 0 Å². The van der Waals surface area contributed by atoms with E-state index in [2.05, 4.69) is 50.3 Å². The van der Waals surface area contributed by atoms with E-state index in [1.54, 1.807) is 11.3 Å². The Hall–Kier alpha value is -1.68. The van der Waals surface area contributed by atoms with E-state index in [4.69, 9.17) is 0 Å². The highest BCUT2D eigenvalue weighted by molar-refractivity contribution is 7.08. The second-order valence-electron chi connectivity index (χ2n) is 5.89. The quantitative estimate of drug-likeness (QED) is 0.834. The van der Waals surface area contributed by atoms with Crippen LogP contribution in [-0.2, 0) is 0 Å². The minimum atomic E-state index is 0.434. The van der Waals surface area contributed by atoms with Crippen LogP contribution in [0.2, 0.25) is 0 Å². The average molecular weight is 297 g/mol. The first-order valence-electron chi connectivity index (χ1n) is 7.64. The predicted octanol–water partition coefficient (Wildman–Crippen LogP) is 3.61. The lowest BCUT2D eigenvalue weighted by molar-refractivity contribution is 0.242. The maximum atomic E-state index is 4.62. The molecule has 4 heteroatoms. The minimum absolute atomic E-state index is 0.434. The molecule has 0 amide bonds. The molecule has 4 rings (SSSR count). The van der Waals surface area contributed by atoms with Crippen LogP contribution in [0, 0.1) is 5.92 Å². The summed E-state index contributed by atoms with van der Waals surface area (Å²) >= 11 is 1.77. The Morgan fingerprint density at radius 1 is 1.33 bits per heavy atom. The van der Waals surface area contributed by atoms with Crippen LogP contribution in [-0.4, -0.2) is 36.6 Å². The van der Waals surface area contributed by atoms with Gasteiger partial charge in [0.05, 0.1) is 12.3 Å². The van der Waals surface area contributed by atoms with E-state index in [1.807, 2.05) is 6.21 Å². The standard InChI is InChI=1S/C17H19N3S/c1-2-15-11-19-20(7-4-13-3-6-18-10-13)17(15)9-14(1)16-5-8-21-12-16/h1-2,5,8,10-13,17H,3-4,6-7,9H2. The number of hydrogen-bond acceptors (Lipinski definition) is 4. The van der Waals surface area contributed by atoms with Crippen molar-refractivity contribution in [1.82, 2.24) is 5.01 Å². The summed E-state index contributed by atoms with van der Waals surface area (Å²) in [4.78, 5) is 4.34. The molecule has 0 saturated heterocycles. The van der Waals surface area contributed by atoms with Crippen LogP contribution in [0.15, 0.2) is 44.6 Å². The number of fused-ring (bicyclic) bond motifs is 1. The molecule has 2 atom stereocenters. The van der Waals surface area contributed by atoms with Gasteiger partial charge in [-0.1, -0.05) is 12.2 Å². The van der Waals surface area contributed by atoms with Crippen molar-refractivity contribution in [3.63, 3.8) is 0 Å². The number of thiophene rings is 1. The van der Waals surface area contributed by atoms with E-state index >= 15 is 0 Å². The molecule has 0 bridgehead atoms. The summed E-state index contributed by atoms with van der Waals surface area (Å²) in [7, 11) is 0.